The lowest BCUT2D eigenvalue weighted by atomic mass is 9.74. The molecule has 2 aliphatic rings. The molecule has 1 aromatic rings. The lowest BCUT2D eigenvalue weighted by Crippen LogP contribution is -2.41. The molecule has 3 rings (SSSR count). The molecule has 1 aliphatic carbocycles. The fourth-order valence-electron chi connectivity index (χ4n) is 3.98. The van der Waals surface area contributed by atoms with Crippen molar-refractivity contribution in [3.63, 3.8) is 0 Å². The Labute approximate surface area is 155 Å². The Morgan fingerprint density at radius 3 is 2.54 bits per heavy atom. The molecular formula is C20H28N2O4. The molecule has 1 amide bonds. The maximum Gasteiger partial charge on any atom is 0.339 e. The number of ether oxygens (including phenoxy) is 2. The van der Waals surface area contributed by atoms with Crippen LogP contribution in [0.4, 0.5) is 0 Å². The van der Waals surface area contributed by atoms with E-state index >= 15 is 0 Å². The smallest absolute Gasteiger partial charge is 0.339 e. The van der Waals surface area contributed by atoms with E-state index in [4.69, 9.17) is 9.47 Å². The molecule has 1 aromatic carbocycles. The molecule has 0 saturated heterocycles. The molecule has 0 aromatic heterocycles. The van der Waals surface area contributed by atoms with Crippen LogP contribution in [0.1, 0.15) is 41.6 Å². The van der Waals surface area contributed by atoms with Gasteiger partial charge in [-0.05, 0) is 51.9 Å². The topological polar surface area (TPSA) is 59.1 Å². The third-order valence-corrected chi connectivity index (χ3v) is 5.63. The van der Waals surface area contributed by atoms with Crippen LogP contribution in [0.3, 0.4) is 0 Å². The Bertz CT molecular complexity index is 693. The van der Waals surface area contributed by atoms with E-state index in [1.54, 1.807) is 13.2 Å². The summed E-state index contributed by atoms with van der Waals surface area (Å²) in [6.45, 7) is 1.58. The van der Waals surface area contributed by atoms with Gasteiger partial charge < -0.3 is 19.3 Å². The summed E-state index contributed by atoms with van der Waals surface area (Å²) in [5.74, 6) is 0.575. The van der Waals surface area contributed by atoms with E-state index in [0.29, 0.717) is 24.2 Å². The highest BCUT2D eigenvalue weighted by Crippen LogP contribution is 2.48. The number of fused-ring (bicyclic) bond motifs is 2. The minimum Gasteiger partial charge on any atom is -0.497 e. The summed E-state index contributed by atoms with van der Waals surface area (Å²) in [5.41, 5.74) is 0.963. The second-order valence-electron chi connectivity index (χ2n) is 7.63. The van der Waals surface area contributed by atoms with Gasteiger partial charge >= 0.3 is 5.97 Å². The minimum absolute atomic E-state index is 0.00814. The summed E-state index contributed by atoms with van der Waals surface area (Å²) in [5, 5.41) is 0. The van der Waals surface area contributed by atoms with Crippen molar-refractivity contribution in [2.75, 3.05) is 41.3 Å². The van der Waals surface area contributed by atoms with Crippen molar-refractivity contribution in [1.29, 1.82) is 0 Å². The summed E-state index contributed by atoms with van der Waals surface area (Å²) >= 11 is 0. The number of esters is 1. The van der Waals surface area contributed by atoms with Gasteiger partial charge in [0.1, 0.15) is 11.4 Å². The monoisotopic (exact) mass is 360 g/mol. The van der Waals surface area contributed by atoms with Gasteiger partial charge in [0.05, 0.1) is 12.7 Å². The standard InChI is InChI=1S/C20H28N2O4/c1-21(2)11-12-22(3)18(23)14-7-9-20(10-8-14)17-6-5-15(25-4)13-16(17)19(24)26-20/h5-6,13-14H,7-12H2,1-4H3/t14-,20-. The van der Waals surface area contributed by atoms with E-state index < -0.39 is 5.60 Å². The molecule has 1 saturated carbocycles. The second kappa shape index (κ2) is 7.27. The highest BCUT2D eigenvalue weighted by atomic mass is 16.6. The lowest BCUT2D eigenvalue weighted by Gasteiger charge is -2.37. The molecule has 0 bridgehead atoms. The number of rotatable bonds is 5. The van der Waals surface area contributed by atoms with Crippen LogP contribution >= 0.6 is 0 Å². The highest BCUT2D eigenvalue weighted by molar-refractivity contribution is 5.95. The first kappa shape index (κ1) is 18.7. The van der Waals surface area contributed by atoms with Gasteiger partial charge in [-0.15, -0.1) is 0 Å². The first-order valence-corrected chi connectivity index (χ1v) is 9.18. The highest BCUT2D eigenvalue weighted by Gasteiger charge is 2.48. The van der Waals surface area contributed by atoms with Gasteiger partial charge in [0, 0.05) is 31.6 Å². The van der Waals surface area contributed by atoms with Crippen molar-refractivity contribution >= 4 is 11.9 Å². The van der Waals surface area contributed by atoms with Crippen LogP contribution in [0.15, 0.2) is 18.2 Å². The van der Waals surface area contributed by atoms with Gasteiger partial charge in [0.2, 0.25) is 5.91 Å². The van der Waals surface area contributed by atoms with Crippen molar-refractivity contribution < 1.29 is 19.1 Å². The SMILES string of the molecule is COc1ccc2c(c1)C(=O)O[C@]21CC[C@H](C(=O)N(C)CCN(C)C)CC1. The van der Waals surface area contributed by atoms with Crippen molar-refractivity contribution in [3.8, 4) is 5.75 Å². The molecule has 6 nitrogen and oxygen atoms in total. The number of carbonyl (C=O) groups is 2. The van der Waals surface area contributed by atoms with Gasteiger partial charge in [0.15, 0.2) is 0 Å². The van der Waals surface area contributed by atoms with Gasteiger partial charge in [-0.1, -0.05) is 6.07 Å². The number of benzene rings is 1. The van der Waals surface area contributed by atoms with Crippen LogP contribution in [0, 0.1) is 5.92 Å². The predicted octanol–water partition coefficient (Wildman–Crippen LogP) is 2.27. The number of methoxy groups -OCH3 is 1. The lowest BCUT2D eigenvalue weighted by molar-refractivity contribution is -0.137. The van der Waals surface area contributed by atoms with Gasteiger partial charge in [-0.2, -0.15) is 0 Å². The third kappa shape index (κ3) is 3.43. The average molecular weight is 360 g/mol. The minimum atomic E-state index is -0.572. The van der Waals surface area contributed by atoms with Gasteiger partial charge in [-0.25, -0.2) is 4.79 Å². The van der Waals surface area contributed by atoms with E-state index in [-0.39, 0.29) is 17.8 Å². The predicted molar refractivity (Wildman–Crippen MR) is 98.2 cm³/mol. The number of nitrogens with zero attached hydrogens (tertiary/aromatic N) is 2. The van der Waals surface area contributed by atoms with Gasteiger partial charge in [0.25, 0.3) is 0 Å². The fourth-order valence-corrected chi connectivity index (χ4v) is 3.98. The van der Waals surface area contributed by atoms with E-state index in [2.05, 4.69) is 4.90 Å². The number of amides is 1. The van der Waals surface area contributed by atoms with Crippen LogP contribution in [-0.2, 0) is 15.1 Å². The number of hydrogen-bond acceptors (Lipinski definition) is 5. The summed E-state index contributed by atoms with van der Waals surface area (Å²) in [6, 6.07) is 5.55. The third-order valence-electron chi connectivity index (χ3n) is 5.63. The molecule has 6 heteroatoms. The second-order valence-corrected chi connectivity index (χ2v) is 7.63. The van der Waals surface area contributed by atoms with E-state index in [0.717, 1.165) is 31.5 Å². The fraction of sp³-hybridized carbons (Fsp3) is 0.600. The van der Waals surface area contributed by atoms with Crippen molar-refractivity contribution in [2.24, 2.45) is 5.92 Å². The molecular weight excluding hydrogens is 332 g/mol. The van der Waals surface area contributed by atoms with Crippen LogP contribution in [0.25, 0.3) is 0 Å². The Hall–Kier alpha value is -2.08. The molecule has 0 atom stereocenters. The van der Waals surface area contributed by atoms with E-state index in [9.17, 15) is 9.59 Å². The van der Waals surface area contributed by atoms with Crippen LogP contribution in [-0.4, -0.2) is 63.0 Å². The van der Waals surface area contributed by atoms with Crippen LogP contribution < -0.4 is 4.74 Å². The average Bonchev–Trinajstić information content (AvgIpc) is 2.91. The molecule has 1 spiro atoms. The number of hydrogen-bond donors (Lipinski definition) is 0. The molecule has 1 heterocycles. The molecule has 1 aliphatic heterocycles. The summed E-state index contributed by atoms with van der Waals surface area (Å²) in [4.78, 5) is 28.9. The van der Waals surface area contributed by atoms with E-state index in [1.165, 1.54) is 0 Å². The molecule has 26 heavy (non-hydrogen) atoms. The van der Waals surface area contributed by atoms with E-state index in [1.807, 2.05) is 38.2 Å². The summed E-state index contributed by atoms with van der Waals surface area (Å²) in [6.07, 6.45) is 2.86. The zero-order chi connectivity index (χ0) is 18.9. The zero-order valence-electron chi connectivity index (χ0n) is 16.1. The molecule has 0 N–H and O–H groups in total. The van der Waals surface area contributed by atoms with Crippen LogP contribution in [0.5, 0.6) is 5.75 Å². The maximum atomic E-state index is 12.7. The van der Waals surface area contributed by atoms with Crippen molar-refractivity contribution in [3.05, 3.63) is 29.3 Å². The summed E-state index contributed by atoms with van der Waals surface area (Å²) in [7, 11) is 7.46. The Morgan fingerprint density at radius 1 is 1.23 bits per heavy atom. The molecule has 0 unspecified atom stereocenters. The normalized spacial score (nSPS) is 24.5. The van der Waals surface area contributed by atoms with Crippen molar-refractivity contribution in [2.45, 2.75) is 31.3 Å². The first-order chi connectivity index (χ1) is 12.4. The number of carbonyl (C=O) groups excluding carboxylic acids is 2. The number of likely N-dealkylation sites (N-methyl/N-ethyl adjacent to an activating group) is 2. The molecule has 1 fully saturated rings. The Kier molecular flexibility index (Phi) is 5.23. The first-order valence-electron chi connectivity index (χ1n) is 9.18. The quantitative estimate of drug-likeness (QED) is 0.754. The molecule has 142 valence electrons. The zero-order valence-corrected chi connectivity index (χ0v) is 16.1. The molecule has 0 radical (unpaired) electrons. The van der Waals surface area contributed by atoms with Gasteiger partial charge in [-0.3, -0.25) is 4.79 Å². The van der Waals surface area contributed by atoms with Crippen molar-refractivity contribution in [1.82, 2.24) is 9.80 Å². The largest absolute Gasteiger partial charge is 0.497 e. The Morgan fingerprint density at radius 2 is 1.92 bits per heavy atom. The summed E-state index contributed by atoms with van der Waals surface area (Å²) < 4.78 is 11.0. The van der Waals surface area contributed by atoms with Crippen LogP contribution in [0.2, 0.25) is 0 Å². The Balaban J connectivity index is 1.68. The maximum absolute atomic E-state index is 12.7.